The van der Waals surface area contributed by atoms with Crippen LogP contribution in [0.3, 0.4) is 0 Å². The summed E-state index contributed by atoms with van der Waals surface area (Å²) >= 11 is 0. The van der Waals surface area contributed by atoms with E-state index in [-0.39, 0.29) is 0 Å². The number of hydrogen-bond donors (Lipinski definition) is 4. The van der Waals surface area contributed by atoms with Gasteiger partial charge >= 0.3 is 0 Å². The lowest BCUT2D eigenvalue weighted by atomic mass is 10.1. The molecule has 4 atom stereocenters. The van der Waals surface area contributed by atoms with E-state index < -0.39 is 30.0 Å². The molecule has 6 heteroatoms. The van der Waals surface area contributed by atoms with Gasteiger partial charge in [-0.2, -0.15) is 0 Å². The van der Waals surface area contributed by atoms with Crippen LogP contribution < -0.4 is 5.73 Å². The zero-order chi connectivity index (χ0) is 9.52. The van der Waals surface area contributed by atoms with Crippen LogP contribution in [0.2, 0.25) is 0 Å². The molecule has 0 saturated carbocycles. The molecule has 0 radical (unpaired) electrons. The van der Waals surface area contributed by atoms with E-state index in [9.17, 15) is 9.90 Å². The van der Waals surface area contributed by atoms with Gasteiger partial charge < -0.3 is 25.8 Å². The third-order valence-corrected chi connectivity index (χ3v) is 1.83. The standard InChI is InChI=1S/C6H11NO5/c1-6(11)4(9)2(8)3(12-6)5(7)10/h2-4,8-9,11H,1H3,(H2,7,10)/t2-,3+,4-,6?/m1/s1. The Balaban J connectivity index is 2.81. The van der Waals surface area contributed by atoms with Crippen LogP contribution in [0.25, 0.3) is 0 Å². The molecule has 1 aliphatic rings. The van der Waals surface area contributed by atoms with E-state index >= 15 is 0 Å². The van der Waals surface area contributed by atoms with E-state index in [1.54, 1.807) is 0 Å². The van der Waals surface area contributed by atoms with E-state index in [0.717, 1.165) is 6.92 Å². The van der Waals surface area contributed by atoms with Gasteiger partial charge in [-0.25, -0.2) is 0 Å². The van der Waals surface area contributed by atoms with Crippen LogP contribution in [0.1, 0.15) is 6.92 Å². The molecular formula is C6H11NO5. The highest BCUT2D eigenvalue weighted by atomic mass is 16.7. The molecule has 1 fully saturated rings. The van der Waals surface area contributed by atoms with Crippen LogP contribution in [-0.2, 0) is 9.53 Å². The summed E-state index contributed by atoms with van der Waals surface area (Å²) in [5, 5.41) is 27.5. The number of rotatable bonds is 1. The van der Waals surface area contributed by atoms with Crippen molar-refractivity contribution >= 4 is 5.91 Å². The van der Waals surface area contributed by atoms with Crippen LogP contribution in [0.15, 0.2) is 0 Å². The van der Waals surface area contributed by atoms with E-state index in [1.165, 1.54) is 0 Å². The van der Waals surface area contributed by atoms with Gasteiger partial charge in [0.25, 0.3) is 0 Å². The molecule has 1 saturated heterocycles. The minimum Gasteiger partial charge on any atom is -0.387 e. The first kappa shape index (κ1) is 9.40. The Morgan fingerprint density at radius 2 is 2.08 bits per heavy atom. The molecule has 5 N–H and O–H groups in total. The lowest BCUT2D eigenvalue weighted by Gasteiger charge is -2.19. The van der Waals surface area contributed by atoms with E-state index in [1.807, 2.05) is 0 Å². The lowest BCUT2D eigenvalue weighted by Crippen LogP contribution is -2.41. The number of primary amides is 1. The molecule has 1 aliphatic heterocycles. The average molecular weight is 177 g/mol. The fourth-order valence-electron chi connectivity index (χ4n) is 1.11. The average Bonchev–Trinajstić information content (AvgIpc) is 2.14. The van der Waals surface area contributed by atoms with Gasteiger partial charge in [-0.3, -0.25) is 4.79 Å². The molecule has 0 bridgehead atoms. The second-order valence-corrected chi connectivity index (χ2v) is 2.93. The Labute approximate surface area is 68.6 Å². The predicted octanol–water partition coefficient (Wildman–Crippen LogP) is -2.70. The summed E-state index contributed by atoms with van der Waals surface area (Å²) < 4.78 is 4.62. The van der Waals surface area contributed by atoms with Crippen molar-refractivity contribution in [2.24, 2.45) is 5.73 Å². The van der Waals surface area contributed by atoms with Gasteiger partial charge in [-0.05, 0) is 6.92 Å². The zero-order valence-corrected chi connectivity index (χ0v) is 6.47. The molecule has 0 aromatic heterocycles. The van der Waals surface area contributed by atoms with E-state index in [4.69, 9.17) is 15.9 Å². The maximum atomic E-state index is 10.6. The molecule has 70 valence electrons. The molecule has 0 aromatic carbocycles. The van der Waals surface area contributed by atoms with Crippen LogP contribution in [-0.4, -0.2) is 45.3 Å². The van der Waals surface area contributed by atoms with Crippen LogP contribution in [0.4, 0.5) is 0 Å². The second kappa shape index (κ2) is 2.67. The summed E-state index contributed by atoms with van der Waals surface area (Å²) in [5.41, 5.74) is 4.83. The summed E-state index contributed by atoms with van der Waals surface area (Å²) in [6.07, 6.45) is -4.34. The fraction of sp³-hybridized carbons (Fsp3) is 0.833. The van der Waals surface area contributed by atoms with Gasteiger partial charge in [-0.15, -0.1) is 0 Å². The number of aliphatic hydroxyl groups is 3. The van der Waals surface area contributed by atoms with Crippen molar-refractivity contribution in [3.8, 4) is 0 Å². The fourth-order valence-corrected chi connectivity index (χ4v) is 1.11. The highest BCUT2D eigenvalue weighted by Crippen LogP contribution is 2.28. The van der Waals surface area contributed by atoms with Crippen molar-refractivity contribution in [2.45, 2.75) is 31.0 Å². The largest absolute Gasteiger partial charge is 0.387 e. The van der Waals surface area contributed by atoms with Gasteiger partial charge in [0.2, 0.25) is 5.91 Å². The van der Waals surface area contributed by atoms with Gasteiger partial charge in [-0.1, -0.05) is 0 Å². The van der Waals surface area contributed by atoms with Crippen molar-refractivity contribution in [3.63, 3.8) is 0 Å². The summed E-state index contributed by atoms with van der Waals surface area (Å²) in [4.78, 5) is 10.6. The number of carbonyl (C=O) groups excluding carboxylic acids is 1. The summed E-state index contributed by atoms with van der Waals surface area (Å²) in [5.74, 6) is -2.83. The Bertz CT molecular complexity index is 204. The maximum absolute atomic E-state index is 10.6. The molecule has 12 heavy (non-hydrogen) atoms. The third-order valence-electron chi connectivity index (χ3n) is 1.83. The Morgan fingerprint density at radius 3 is 2.25 bits per heavy atom. The van der Waals surface area contributed by atoms with Crippen molar-refractivity contribution in [1.29, 1.82) is 0 Å². The van der Waals surface area contributed by atoms with E-state index in [2.05, 4.69) is 4.74 Å². The number of hydrogen-bond acceptors (Lipinski definition) is 5. The number of ether oxygens (including phenoxy) is 1. The van der Waals surface area contributed by atoms with Gasteiger partial charge in [0.15, 0.2) is 11.9 Å². The summed E-state index contributed by atoms with van der Waals surface area (Å²) in [6, 6.07) is 0. The number of carbonyl (C=O) groups is 1. The molecule has 1 rings (SSSR count). The van der Waals surface area contributed by atoms with E-state index in [0.29, 0.717) is 0 Å². The smallest absolute Gasteiger partial charge is 0.249 e. The first-order chi connectivity index (χ1) is 5.36. The van der Waals surface area contributed by atoms with Gasteiger partial charge in [0.1, 0.15) is 12.2 Å². The number of nitrogens with two attached hydrogens (primary N) is 1. The SMILES string of the molecule is CC1(O)O[C@H](C(N)=O)[C@@H](O)[C@H]1O. The Morgan fingerprint density at radius 1 is 1.58 bits per heavy atom. The normalized spacial score (nSPS) is 47.8. The van der Waals surface area contributed by atoms with Crippen molar-refractivity contribution in [3.05, 3.63) is 0 Å². The lowest BCUT2D eigenvalue weighted by molar-refractivity contribution is -0.213. The monoisotopic (exact) mass is 177 g/mol. The molecule has 0 aromatic rings. The first-order valence-electron chi connectivity index (χ1n) is 3.42. The van der Waals surface area contributed by atoms with Gasteiger partial charge in [0, 0.05) is 0 Å². The highest BCUT2D eigenvalue weighted by Gasteiger charge is 2.52. The Hall–Kier alpha value is -0.690. The van der Waals surface area contributed by atoms with Crippen LogP contribution in [0, 0.1) is 0 Å². The Kier molecular flexibility index (Phi) is 2.09. The topological polar surface area (TPSA) is 113 Å². The molecule has 1 amide bonds. The maximum Gasteiger partial charge on any atom is 0.249 e. The minimum absolute atomic E-state index is 0.917. The van der Waals surface area contributed by atoms with Gasteiger partial charge in [0.05, 0.1) is 0 Å². The minimum atomic E-state index is -1.92. The zero-order valence-electron chi connectivity index (χ0n) is 6.47. The molecule has 0 spiro atoms. The molecule has 1 heterocycles. The first-order valence-corrected chi connectivity index (χ1v) is 3.42. The van der Waals surface area contributed by atoms with Crippen molar-refractivity contribution in [1.82, 2.24) is 0 Å². The van der Waals surface area contributed by atoms with Crippen LogP contribution in [0.5, 0.6) is 0 Å². The quantitative estimate of drug-likeness (QED) is 0.348. The summed E-state index contributed by atoms with van der Waals surface area (Å²) in [7, 11) is 0. The van der Waals surface area contributed by atoms with Crippen molar-refractivity contribution in [2.75, 3.05) is 0 Å². The predicted molar refractivity (Wildman–Crippen MR) is 36.7 cm³/mol. The molecule has 1 unspecified atom stereocenters. The summed E-state index contributed by atoms with van der Waals surface area (Å²) in [6.45, 7) is 1.14. The van der Waals surface area contributed by atoms with Crippen LogP contribution >= 0.6 is 0 Å². The number of amides is 1. The number of aliphatic hydroxyl groups excluding tert-OH is 2. The molecular weight excluding hydrogens is 166 g/mol. The highest BCUT2D eigenvalue weighted by molar-refractivity contribution is 5.80. The second-order valence-electron chi connectivity index (χ2n) is 2.93. The van der Waals surface area contributed by atoms with Crippen molar-refractivity contribution < 1.29 is 24.9 Å². The molecule has 6 nitrogen and oxygen atoms in total. The molecule has 0 aliphatic carbocycles. The third kappa shape index (κ3) is 1.29.